The highest BCUT2D eigenvalue weighted by atomic mass is 32.2. The molecule has 3 fully saturated rings. The molecule has 3 aliphatic heterocycles. The number of hydrogen-bond donors (Lipinski definition) is 1. The van der Waals surface area contributed by atoms with Crippen LogP contribution >= 0.6 is 11.8 Å². The van der Waals surface area contributed by atoms with Crippen LogP contribution in [0.5, 0.6) is 0 Å². The van der Waals surface area contributed by atoms with Gasteiger partial charge in [0.25, 0.3) is 0 Å². The van der Waals surface area contributed by atoms with Crippen molar-refractivity contribution in [2.24, 2.45) is 23.7 Å². The molecular formula is C27H42N2O5S. The van der Waals surface area contributed by atoms with Crippen molar-refractivity contribution < 1.29 is 24.2 Å². The fourth-order valence-electron chi connectivity index (χ4n) is 6.43. The topological polar surface area (TPSA) is 87.1 Å². The van der Waals surface area contributed by atoms with Gasteiger partial charge in [-0.05, 0) is 45.4 Å². The number of aliphatic hydroxyl groups is 1. The van der Waals surface area contributed by atoms with Crippen LogP contribution in [-0.2, 0) is 19.1 Å². The van der Waals surface area contributed by atoms with Crippen LogP contribution in [-0.4, -0.2) is 80.1 Å². The number of hydrogen-bond acceptors (Lipinski definition) is 6. The second-order valence-electron chi connectivity index (χ2n) is 11.6. The van der Waals surface area contributed by atoms with Gasteiger partial charge in [-0.2, -0.15) is 0 Å². The Labute approximate surface area is 214 Å². The molecule has 0 aromatic rings. The molecule has 7 atom stereocenters. The summed E-state index contributed by atoms with van der Waals surface area (Å²) in [6.07, 6.45) is 4.53. The molecule has 0 aromatic heterocycles. The second kappa shape index (κ2) is 10.3. The van der Waals surface area contributed by atoms with E-state index in [1.54, 1.807) is 27.6 Å². The number of amides is 2. The molecule has 1 spiro atoms. The smallest absolute Gasteiger partial charge is 0.311 e. The lowest BCUT2D eigenvalue weighted by molar-refractivity contribution is -0.154. The summed E-state index contributed by atoms with van der Waals surface area (Å²) >= 11 is 1.62. The van der Waals surface area contributed by atoms with Crippen molar-refractivity contribution in [2.75, 3.05) is 19.8 Å². The number of carbonyl (C=O) groups excluding carboxylic acids is 3. The molecule has 196 valence electrons. The molecule has 2 amide bonds. The number of likely N-dealkylation sites (tertiary alicyclic amines) is 1. The van der Waals surface area contributed by atoms with Gasteiger partial charge in [0, 0.05) is 17.3 Å². The van der Waals surface area contributed by atoms with Gasteiger partial charge in [0.1, 0.15) is 12.6 Å². The summed E-state index contributed by atoms with van der Waals surface area (Å²) < 4.78 is 4.70. The zero-order chi connectivity index (χ0) is 26.3. The summed E-state index contributed by atoms with van der Waals surface area (Å²) in [6.45, 7) is 19.8. The van der Waals surface area contributed by atoms with E-state index in [1.165, 1.54) is 6.08 Å². The van der Waals surface area contributed by atoms with Crippen LogP contribution in [0.1, 0.15) is 54.4 Å². The minimum atomic E-state index is -0.766. The first-order valence-electron chi connectivity index (χ1n) is 12.7. The van der Waals surface area contributed by atoms with E-state index < -0.39 is 40.2 Å². The normalized spacial score (nSPS) is 32.5. The van der Waals surface area contributed by atoms with Crippen LogP contribution in [0.3, 0.4) is 0 Å². The molecule has 3 rings (SSSR count). The van der Waals surface area contributed by atoms with E-state index in [9.17, 15) is 19.5 Å². The minimum absolute atomic E-state index is 0.0535. The number of esters is 1. The lowest BCUT2D eigenvalue weighted by Crippen LogP contribution is -2.62. The summed E-state index contributed by atoms with van der Waals surface area (Å²) in [6, 6.07) is -1.27. The maximum absolute atomic E-state index is 14.4. The first-order valence-corrected chi connectivity index (χ1v) is 13.5. The zero-order valence-corrected chi connectivity index (χ0v) is 22.8. The summed E-state index contributed by atoms with van der Waals surface area (Å²) in [5, 5.41) is 10.3. The van der Waals surface area contributed by atoms with E-state index in [4.69, 9.17) is 4.74 Å². The van der Waals surface area contributed by atoms with E-state index >= 15 is 0 Å². The van der Waals surface area contributed by atoms with Crippen molar-refractivity contribution in [3.63, 3.8) is 0 Å². The summed E-state index contributed by atoms with van der Waals surface area (Å²) in [5.41, 5.74) is -0.492. The molecule has 0 saturated carbocycles. The van der Waals surface area contributed by atoms with Crippen molar-refractivity contribution in [1.82, 2.24) is 9.80 Å². The van der Waals surface area contributed by atoms with Crippen LogP contribution in [0.2, 0.25) is 0 Å². The number of carbonyl (C=O) groups is 3. The van der Waals surface area contributed by atoms with Gasteiger partial charge < -0.3 is 19.6 Å². The SMILES string of the molecule is C=CCOC(=O)[C@@H]1[C@H]2C(=O)N([C@@H](CO)CC(C)C)C(C(=O)N(CC=C)C(C)(C)C)C23S[C@@H]1CC3C. The van der Waals surface area contributed by atoms with E-state index in [0.717, 1.165) is 6.42 Å². The molecule has 2 bridgehead atoms. The molecular weight excluding hydrogens is 464 g/mol. The van der Waals surface area contributed by atoms with E-state index in [2.05, 4.69) is 20.1 Å². The van der Waals surface area contributed by atoms with Crippen LogP contribution in [0.4, 0.5) is 0 Å². The van der Waals surface area contributed by atoms with Crippen molar-refractivity contribution in [3.05, 3.63) is 25.3 Å². The van der Waals surface area contributed by atoms with Crippen molar-refractivity contribution >= 4 is 29.5 Å². The lowest BCUT2D eigenvalue weighted by atomic mass is 9.66. The summed E-state index contributed by atoms with van der Waals surface area (Å²) in [4.78, 5) is 45.2. The number of ether oxygens (including phenoxy) is 1. The van der Waals surface area contributed by atoms with E-state index in [0.29, 0.717) is 13.0 Å². The quantitative estimate of drug-likeness (QED) is 0.362. The van der Waals surface area contributed by atoms with Gasteiger partial charge in [0.2, 0.25) is 11.8 Å². The Bertz CT molecular complexity index is 868. The molecule has 3 heterocycles. The van der Waals surface area contributed by atoms with Crippen molar-refractivity contribution in [3.8, 4) is 0 Å². The van der Waals surface area contributed by atoms with Gasteiger partial charge in [-0.3, -0.25) is 14.4 Å². The maximum Gasteiger partial charge on any atom is 0.311 e. The highest BCUT2D eigenvalue weighted by Crippen LogP contribution is 2.69. The molecule has 8 heteroatoms. The van der Waals surface area contributed by atoms with Gasteiger partial charge in [-0.15, -0.1) is 18.3 Å². The largest absolute Gasteiger partial charge is 0.461 e. The maximum atomic E-state index is 14.4. The third kappa shape index (κ3) is 4.57. The summed E-state index contributed by atoms with van der Waals surface area (Å²) in [7, 11) is 0. The second-order valence-corrected chi connectivity index (χ2v) is 13.1. The number of thioether (sulfide) groups is 1. The fourth-order valence-corrected chi connectivity index (χ4v) is 8.82. The molecule has 35 heavy (non-hydrogen) atoms. The average molecular weight is 507 g/mol. The van der Waals surface area contributed by atoms with Gasteiger partial charge in [-0.25, -0.2) is 0 Å². The Morgan fingerprint density at radius 3 is 2.49 bits per heavy atom. The molecule has 1 N–H and O–H groups in total. The summed E-state index contributed by atoms with van der Waals surface area (Å²) in [5.74, 6) is -1.74. The average Bonchev–Trinajstić information content (AvgIpc) is 3.36. The predicted molar refractivity (Wildman–Crippen MR) is 139 cm³/mol. The van der Waals surface area contributed by atoms with Crippen LogP contribution in [0.15, 0.2) is 25.3 Å². The first-order chi connectivity index (χ1) is 16.4. The van der Waals surface area contributed by atoms with Crippen LogP contribution < -0.4 is 0 Å². The molecule has 0 aliphatic carbocycles. The van der Waals surface area contributed by atoms with E-state index in [-0.39, 0.29) is 42.1 Å². The standard InChI is InChI=1S/C27H42N2O5S/c1-9-11-28(26(6,7)8)24(32)22-27-17(5)14-19(35-27)20(25(33)34-12-10-2)21(27)23(31)29(22)18(15-30)13-16(3)4/h9-10,16-22,30H,1-2,11-15H2,3-8H3/t17?,18-,19-,20+,21+,22?,27?/m1/s1. The predicted octanol–water partition coefficient (Wildman–Crippen LogP) is 3.27. The number of nitrogens with zero attached hydrogens (tertiary/aromatic N) is 2. The highest BCUT2D eigenvalue weighted by Gasteiger charge is 2.77. The Balaban J connectivity index is 2.16. The monoisotopic (exact) mass is 506 g/mol. The van der Waals surface area contributed by atoms with Crippen molar-refractivity contribution in [1.29, 1.82) is 0 Å². The highest BCUT2D eigenvalue weighted by molar-refractivity contribution is 8.02. The Morgan fingerprint density at radius 2 is 1.97 bits per heavy atom. The molecule has 0 radical (unpaired) electrons. The zero-order valence-electron chi connectivity index (χ0n) is 22.0. The third-order valence-corrected chi connectivity index (χ3v) is 9.84. The Kier molecular flexibility index (Phi) is 8.17. The third-order valence-electron chi connectivity index (χ3n) is 7.77. The molecule has 3 aliphatic rings. The number of fused-ring (bicyclic) bond motifs is 1. The lowest BCUT2D eigenvalue weighted by Gasteiger charge is -2.45. The Hall–Kier alpha value is -1.80. The number of rotatable bonds is 10. The van der Waals surface area contributed by atoms with Gasteiger partial charge in [0.05, 0.1) is 29.2 Å². The van der Waals surface area contributed by atoms with Crippen LogP contribution in [0.25, 0.3) is 0 Å². The molecule has 3 unspecified atom stereocenters. The van der Waals surface area contributed by atoms with Gasteiger partial charge in [0.15, 0.2) is 0 Å². The van der Waals surface area contributed by atoms with Gasteiger partial charge in [-0.1, -0.05) is 39.5 Å². The molecule has 3 saturated heterocycles. The molecule has 0 aromatic carbocycles. The minimum Gasteiger partial charge on any atom is -0.461 e. The fraction of sp³-hybridized carbons (Fsp3) is 0.741. The number of aliphatic hydroxyl groups excluding tert-OH is 1. The Morgan fingerprint density at radius 1 is 1.31 bits per heavy atom. The first kappa shape index (κ1) is 27.8. The molecule has 7 nitrogen and oxygen atoms in total. The van der Waals surface area contributed by atoms with Gasteiger partial charge >= 0.3 is 5.97 Å². The van der Waals surface area contributed by atoms with Crippen molar-refractivity contribution in [2.45, 2.75) is 82.0 Å². The van der Waals surface area contributed by atoms with E-state index in [1.807, 2.05) is 34.6 Å². The van der Waals surface area contributed by atoms with Crippen LogP contribution in [0, 0.1) is 23.7 Å².